The zero-order chi connectivity index (χ0) is 11.6. The molecule has 1 heterocycles. The van der Waals surface area contributed by atoms with E-state index in [1.807, 2.05) is 0 Å². The van der Waals surface area contributed by atoms with Gasteiger partial charge in [0.1, 0.15) is 5.54 Å². The van der Waals surface area contributed by atoms with Gasteiger partial charge in [-0.15, -0.1) is 0 Å². The van der Waals surface area contributed by atoms with Gasteiger partial charge in [0.05, 0.1) is 0 Å². The van der Waals surface area contributed by atoms with E-state index in [-0.39, 0.29) is 11.9 Å². The second kappa shape index (κ2) is 4.21. The van der Waals surface area contributed by atoms with Crippen LogP contribution in [-0.2, 0) is 4.79 Å². The Morgan fingerprint density at radius 3 is 2.00 bits per heavy atom. The standard InChI is InChI=1S/C11H21N3O/c1-7(2)5-11(6-8(3)4)9(15)13-10(12)14-11/h7-8H,5-6H2,1-4H3,(H3,12,13,14,15). The SMILES string of the molecule is CC(C)CC1(CC(C)C)N=C(N)NC1=O. The molecule has 0 spiro atoms. The minimum absolute atomic E-state index is 0.0394. The zero-order valence-electron chi connectivity index (χ0n) is 10.0. The van der Waals surface area contributed by atoms with Gasteiger partial charge in [-0.1, -0.05) is 27.7 Å². The minimum Gasteiger partial charge on any atom is -0.370 e. The van der Waals surface area contributed by atoms with Crippen molar-refractivity contribution in [2.24, 2.45) is 22.6 Å². The fraction of sp³-hybridized carbons (Fsp3) is 0.818. The lowest BCUT2D eigenvalue weighted by Gasteiger charge is -2.26. The molecule has 1 aliphatic rings. The third-order valence-electron chi connectivity index (χ3n) is 2.49. The Hall–Kier alpha value is -1.06. The molecule has 0 saturated carbocycles. The summed E-state index contributed by atoms with van der Waals surface area (Å²) in [6, 6.07) is 0. The van der Waals surface area contributed by atoms with Gasteiger partial charge in [-0.25, -0.2) is 4.99 Å². The lowest BCUT2D eigenvalue weighted by Crippen LogP contribution is -2.42. The molecule has 4 nitrogen and oxygen atoms in total. The van der Waals surface area contributed by atoms with Crippen LogP contribution in [0.25, 0.3) is 0 Å². The first kappa shape index (κ1) is 12.0. The Morgan fingerprint density at radius 1 is 1.27 bits per heavy atom. The Balaban J connectivity index is 2.90. The highest BCUT2D eigenvalue weighted by atomic mass is 16.2. The summed E-state index contributed by atoms with van der Waals surface area (Å²) < 4.78 is 0. The van der Waals surface area contributed by atoms with Crippen molar-refractivity contribution in [3.63, 3.8) is 0 Å². The molecule has 0 radical (unpaired) electrons. The van der Waals surface area contributed by atoms with E-state index in [0.717, 1.165) is 12.8 Å². The molecule has 1 aliphatic heterocycles. The van der Waals surface area contributed by atoms with Crippen LogP contribution in [0.2, 0.25) is 0 Å². The summed E-state index contributed by atoms with van der Waals surface area (Å²) in [4.78, 5) is 16.2. The third-order valence-corrected chi connectivity index (χ3v) is 2.49. The summed E-state index contributed by atoms with van der Waals surface area (Å²) in [6.45, 7) is 8.39. The number of guanidine groups is 1. The van der Waals surface area contributed by atoms with E-state index in [4.69, 9.17) is 5.73 Å². The highest BCUT2D eigenvalue weighted by Gasteiger charge is 2.43. The lowest BCUT2D eigenvalue weighted by molar-refractivity contribution is -0.124. The number of amides is 1. The lowest BCUT2D eigenvalue weighted by atomic mass is 9.82. The molecule has 0 atom stereocenters. The molecule has 0 fully saturated rings. The number of carbonyl (C=O) groups is 1. The summed E-state index contributed by atoms with van der Waals surface area (Å²) in [6.07, 6.45) is 1.52. The predicted molar refractivity (Wildman–Crippen MR) is 61.4 cm³/mol. The van der Waals surface area contributed by atoms with Crippen molar-refractivity contribution in [1.82, 2.24) is 5.32 Å². The number of nitrogens with one attached hydrogen (secondary N) is 1. The van der Waals surface area contributed by atoms with E-state index in [0.29, 0.717) is 11.8 Å². The van der Waals surface area contributed by atoms with Crippen molar-refractivity contribution in [2.45, 2.75) is 46.1 Å². The average Bonchev–Trinajstić information content (AvgIpc) is 2.22. The minimum atomic E-state index is -0.619. The van der Waals surface area contributed by atoms with Crippen LogP contribution in [-0.4, -0.2) is 17.4 Å². The second-order valence-corrected chi connectivity index (χ2v) is 5.18. The number of hydrogen-bond acceptors (Lipinski definition) is 3. The van der Waals surface area contributed by atoms with Crippen LogP contribution in [0.3, 0.4) is 0 Å². The van der Waals surface area contributed by atoms with Gasteiger partial charge in [0.2, 0.25) is 0 Å². The summed E-state index contributed by atoms with van der Waals surface area (Å²) >= 11 is 0. The molecule has 0 saturated heterocycles. The highest BCUT2D eigenvalue weighted by Crippen LogP contribution is 2.31. The van der Waals surface area contributed by atoms with E-state index in [1.54, 1.807) is 0 Å². The monoisotopic (exact) mass is 211 g/mol. The smallest absolute Gasteiger partial charge is 0.254 e. The van der Waals surface area contributed by atoms with Crippen LogP contribution >= 0.6 is 0 Å². The molecular weight excluding hydrogens is 190 g/mol. The molecule has 0 aromatic carbocycles. The van der Waals surface area contributed by atoms with Crippen molar-refractivity contribution in [3.8, 4) is 0 Å². The zero-order valence-corrected chi connectivity index (χ0v) is 10.0. The van der Waals surface area contributed by atoms with Crippen LogP contribution in [0.5, 0.6) is 0 Å². The first-order chi connectivity index (χ1) is 6.85. The molecular formula is C11H21N3O. The van der Waals surface area contributed by atoms with Gasteiger partial charge in [0.25, 0.3) is 5.91 Å². The maximum Gasteiger partial charge on any atom is 0.254 e. The molecule has 86 valence electrons. The molecule has 0 unspecified atom stereocenters. The number of carbonyl (C=O) groups excluding carboxylic acids is 1. The molecule has 15 heavy (non-hydrogen) atoms. The molecule has 0 aromatic rings. The maximum atomic E-state index is 11.9. The van der Waals surface area contributed by atoms with Crippen LogP contribution in [0.1, 0.15) is 40.5 Å². The van der Waals surface area contributed by atoms with Crippen LogP contribution in [0.4, 0.5) is 0 Å². The Labute approximate surface area is 91.3 Å². The highest BCUT2D eigenvalue weighted by molar-refractivity contribution is 6.06. The largest absolute Gasteiger partial charge is 0.370 e. The van der Waals surface area contributed by atoms with Crippen molar-refractivity contribution >= 4 is 11.9 Å². The molecule has 4 heteroatoms. The van der Waals surface area contributed by atoms with Gasteiger partial charge >= 0.3 is 0 Å². The number of nitrogens with zero attached hydrogens (tertiary/aromatic N) is 1. The Kier molecular flexibility index (Phi) is 3.37. The summed E-state index contributed by atoms with van der Waals surface area (Å²) in [5.41, 5.74) is 4.95. The van der Waals surface area contributed by atoms with Gasteiger partial charge in [0.15, 0.2) is 5.96 Å². The van der Waals surface area contributed by atoms with Crippen LogP contribution in [0.15, 0.2) is 4.99 Å². The van der Waals surface area contributed by atoms with Gasteiger partial charge in [-0.05, 0) is 24.7 Å². The fourth-order valence-electron chi connectivity index (χ4n) is 2.25. The summed E-state index contributed by atoms with van der Waals surface area (Å²) in [5, 5.41) is 2.61. The Morgan fingerprint density at radius 2 is 1.73 bits per heavy atom. The number of nitrogens with two attached hydrogens (primary N) is 1. The van der Waals surface area contributed by atoms with E-state index in [9.17, 15) is 4.79 Å². The van der Waals surface area contributed by atoms with Crippen LogP contribution in [0, 0.1) is 11.8 Å². The molecule has 0 aromatic heterocycles. The topological polar surface area (TPSA) is 67.5 Å². The van der Waals surface area contributed by atoms with Crippen molar-refractivity contribution in [1.29, 1.82) is 0 Å². The van der Waals surface area contributed by atoms with E-state index in [2.05, 4.69) is 38.0 Å². The fourth-order valence-corrected chi connectivity index (χ4v) is 2.25. The molecule has 0 aliphatic carbocycles. The first-order valence-corrected chi connectivity index (χ1v) is 5.52. The number of rotatable bonds is 4. The molecule has 1 rings (SSSR count). The van der Waals surface area contributed by atoms with Crippen molar-refractivity contribution in [2.75, 3.05) is 0 Å². The summed E-state index contributed by atoms with van der Waals surface area (Å²) in [5.74, 6) is 1.09. The normalized spacial score (nSPS) is 19.6. The van der Waals surface area contributed by atoms with Crippen molar-refractivity contribution < 1.29 is 4.79 Å². The number of hydrogen-bond donors (Lipinski definition) is 2. The van der Waals surface area contributed by atoms with Gasteiger partial charge in [0, 0.05) is 0 Å². The number of aliphatic imine (C=N–C) groups is 1. The Bertz CT molecular complexity index is 272. The van der Waals surface area contributed by atoms with Gasteiger partial charge in [-0.3, -0.25) is 10.1 Å². The predicted octanol–water partition coefficient (Wildman–Crippen LogP) is 1.26. The molecule has 0 bridgehead atoms. The molecule has 3 N–H and O–H groups in total. The van der Waals surface area contributed by atoms with Crippen LogP contribution < -0.4 is 11.1 Å². The van der Waals surface area contributed by atoms with E-state index >= 15 is 0 Å². The van der Waals surface area contributed by atoms with E-state index in [1.165, 1.54) is 0 Å². The maximum absolute atomic E-state index is 11.9. The summed E-state index contributed by atoms with van der Waals surface area (Å²) in [7, 11) is 0. The average molecular weight is 211 g/mol. The van der Waals surface area contributed by atoms with Gasteiger partial charge in [-0.2, -0.15) is 0 Å². The first-order valence-electron chi connectivity index (χ1n) is 5.52. The third kappa shape index (κ3) is 2.70. The van der Waals surface area contributed by atoms with Gasteiger partial charge < -0.3 is 5.73 Å². The quantitative estimate of drug-likeness (QED) is 0.735. The van der Waals surface area contributed by atoms with Crippen molar-refractivity contribution in [3.05, 3.63) is 0 Å². The van der Waals surface area contributed by atoms with E-state index < -0.39 is 5.54 Å². The molecule has 1 amide bonds. The second-order valence-electron chi connectivity index (χ2n) is 5.18.